The summed E-state index contributed by atoms with van der Waals surface area (Å²) in [6, 6.07) is 0. The van der Waals surface area contributed by atoms with Gasteiger partial charge in [0.25, 0.3) is 0 Å². The summed E-state index contributed by atoms with van der Waals surface area (Å²) < 4.78 is 0. The van der Waals surface area contributed by atoms with Crippen molar-refractivity contribution < 1.29 is 0 Å². The average Bonchev–Trinajstić information content (AvgIpc) is 1.83. The lowest BCUT2D eigenvalue weighted by Crippen LogP contribution is -1.75. The zero-order valence-electron chi connectivity index (χ0n) is 4.76. The normalized spacial score (nSPS) is 6.62. The maximum Gasteiger partial charge on any atom is 0.0542 e. The standard InChI is InChI=1S/C5H7N3/c1-3-5(2)4-7-8-6/h1,4H2,2H3. The van der Waals surface area contributed by atoms with Crippen LogP contribution in [0.5, 0.6) is 0 Å². The van der Waals surface area contributed by atoms with Crippen molar-refractivity contribution in [3.8, 4) is 0 Å². The Bertz CT molecular complexity index is 159. The first-order chi connectivity index (χ1) is 3.81. The minimum atomic E-state index is 0.375. The third kappa shape index (κ3) is 3.04. The Hall–Kier alpha value is -1.17. The average molecular weight is 109 g/mol. The molecule has 0 amide bonds. The predicted octanol–water partition coefficient (Wildman–Crippen LogP) is 2.03. The zero-order chi connectivity index (χ0) is 6.41. The highest BCUT2D eigenvalue weighted by Crippen LogP contribution is 1.87. The van der Waals surface area contributed by atoms with Gasteiger partial charge in [-0.05, 0) is 18.0 Å². The van der Waals surface area contributed by atoms with E-state index in [1.54, 1.807) is 0 Å². The van der Waals surface area contributed by atoms with E-state index in [0.29, 0.717) is 6.54 Å². The largest absolute Gasteiger partial charge is 0.130 e. The SMILES string of the molecule is C=C=C(C)CN=[N+]=[N-]. The van der Waals surface area contributed by atoms with Crippen molar-refractivity contribution in [2.24, 2.45) is 5.11 Å². The maximum absolute atomic E-state index is 7.81. The van der Waals surface area contributed by atoms with Gasteiger partial charge in [-0.25, -0.2) is 0 Å². The molecule has 0 bridgehead atoms. The van der Waals surface area contributed by atoms with E-state index in [-0.39, 0.29) is 0 Å². The monoisotopic (exact) mass is 109 g/mol. The fourth-order valence-corrected chi connectivity index (χ4v) is 0.194. The van der Waals surface area contributed by atoms with E-state index in [9.17, 15) is 0 Å². The highest BCUT2D eigenvalue weighted by molar-refractivity contribution is 4.96. The summed E-state index contributed by atoms with van der Waals surface area (Å²) in [6.45, 7) is 5.55. The van der Waals surface area contributed by atoms with E-state index in [1.165, 1.54) is 0 Å². The summed E-state index contributed by atoms with van der Waals surface area (Å²) in [6.07, 6.45) is 0. The maximum atomic E-state index is 7.81. The van der Waals surface area contributed by atoms with Gasteiger partial charge in [0, 0.05) is 4.91 Å². The quantitative estimate of drug-likeness (QED) is 0.225. The first-order valence-electron chi connectivity index (χ1n) is 2.17. The van der Waals surface area contributed by atoms with Crippen LogP contribution in [0, 0.1) is 0 Å². The molecule has 3 nitrogen and oxygen atoms in total. The molecule has 0 unspecified atom stereocenters. The molecule has 3 heteroatoms. The van der Waals surface area contributed by atoms with Crippen molar-refractivity contribution in [2.45, 2.75) is 6.92 Å². The molecule has 0 aromatic carbocycles. The fourth-order valence-electron chi connectivity index (χ4n) is 0.194. The van der Waals surface area contributed by atoms with Crippen LogP contribution in [0.4, 0.5) is 0 Å². The number of azide groups is 1. The number of hydrogen-bond acceptors (Lipinski definition) is 1. The van der Waals surface area contributed by atoms with E-state index in [4.69, 9.17) is 5.53 Å². The van der Waals surface area contributed by atoms with Gasteiger partial charge in [0.1, 0.15) is 0 Å². The molecule has 0 aliphatic rings. The van der Waals surface area contributed by atoms with Gasteiger partial charge in [0.15, 0.2) is 0 Å². The summed E-state index contributed by atoms with van der Waals surface area (Å²) in [5, 5.41) is 3.28. The summed E-state index contributed by atoms with van der Waals surface area (Å²) in [7, 11) is 0. The molecule has 0 aromatic heterocycles. The van der Waals surface area contributed by atoms with Crippen LogP contribution < -0.4 is 0 Å². The molecule has 0 N–H and O–H groups in total. The Morgan fingerprint density at radius 1 is 2.00 bits per heavy atom. The van der Waals surface area contributed by atoms with Gasteiger partial charge in [0.05, 0.1) is 6.54 Å². The molecular formula is C5H7N3. The highest BCUT2D eigenvalue weighted by Gasteiger charge is 1.78. The molecule has 0 aliphatic heterocycles. The van der Waals surface area contributed by atoms with Crippen LogP contribution in [-0.4, -0.2) is 6.54 Å². The Morgan fingerprint density at radius 3 is 3.00 bits per heavy atom. The van der Waals surface area contributed by atoms with Crippen molar-refractivity contribution in [1.29, 1.82) is 0 Å². The second-order valence-electron chi connectivity index (χ2n) is 1.35. The van der Waals surface area contributed by atoms with Crippen molar-refractivity contribution in [3.05, 3.63) is 28.3 Å². The molecule has 0 heterocycles. The van der Waals surface area contributed by atoms with Crippen LogP contribution in [-0.2, 0) is 0 Å². The lowest BCUT2D eigenvalue weighted by molar-refractivity contribution is 1.12. The lowest BCUT2D eigenvalue weighted by Gasteiger charge is -1.81. The third-order valence-electron chi connectivity index (χ3n) is 0.673. The summed E-state index contributed by atoms with van der Waals surface area (Å²) in [5.41, 5.74) is 11.3. The molecule has 0 fully saturated rings. The van der Waals surface area contributed by atoms with Gasteiger partial charge in [-0.1, -0.05) is 11.7 Å². The molecule has 0 rings (SSSR count). The summed E-state index contributed by atoms with van der Waals surface area (Å²) in [5.74, 6) is 0. The van der Waals surface area contributed by atoms with Gasteiger partial charge in [-0.2, -0.15) is 0 Å². The highest BCUT2D eigenvalue weighted by atomic mass is 15.1. The molecule has 0 saturated carbocycles. The van der Waals surface area contributed by atoms with E-state index < -0.39 is 0 Å². The number of nitrogens with zero attached hydrogens (tertiary/aromatic N) is 3. The minimum Gasteiger partial charge on any atom is -0.130 e. The minimum absolute atomic E-state index is 0.375. The van der Waals surface area contributed by atoms with E-state index in [1.807, 2.05) is 6.92 Å². The van der Waals surface area contributed by atoms with E-state index >= 15 is 0 Å². The second kappa shape index (κ2) is 4.00. The van der Waals surface area contributed by atoms with Crippen LogP contribution in [0.3, 0.4) is 0 Å². The van der Waals surface area contributed by atoms with Crippen LogP contribution in [0.2, 0.25) is 0 Å². The van der Waals surface area contributed by atoms with Crippen molar-refractivity contribution in [1.82, 2.24) is 0 Å². The van der Waals surface area contributed by atoms with Crippen LogP contribution >= 0.6 is 0 Å². The zero-order valence-corrected chi connectivity index (χ0v) is 4.76. The van der Waals surface area contributed by atoms with Crippen molar-refractivity contribution in [3.63, 3.8) is 0 Å². The molecular weight excluding hydrogens is 102 g/mol. The molecule has 0 aliphatic carbocycles. The Balaban J connectivity index is 3.73. The third-order valence-corrected chi connectivity index (χ3v) is 0.673. The smallest absolute Gasteiger partial charge is 0.0542 e. The second-order valence-corrected chi connectivity index (χ2v) is 1.35. The summed E-state index contributed by atoms with van der Waals surface area (Å²) >= 11 is 0. The van der Waals surface area contributed by atoms with Crippen LogP contribution in [0.1, 0.15) is 6.92 Å². The molecule has 0 aromatic rings. The Labute approximate surface area is 48.0 Å². The van der Waals surface area contributed by atoms with Crippen molar-refractivity contribution in [2.75, 3.05) is 6.54 Å². The molecule has 0 atom stereocenters. The summed E-state index contributed by atoms with van der Waals surface area (Å²) in [4.78, 5) is 2.56. The van der Waals surface area contributed by atoms with Gasteiger partial charge < -0.3 is 0 Å². The molecule has 0 saturated heterocycles. The fraction of sp³-hybridized carbons (Fsp3) is 0.400. The van der Waals surface area contributed by atoms with Crippen LogP contribution in [0.15, 0.2) is 23.0 Å². The van der Waals surface area contributed by atoms with E-state index in [0.717, 1.165) is 5.57 Å². The first-order valence-corrected chi connectivity index (χ1v) is 2.17. The molecule has 0 spiro atoms. The van der Waals surface area contributed by atoms with Gasteiger partial charge in [-0.15, -0.1) is 5.73 Å². The topological polar surface area (TPSA) is 48.8 Å². The molecule has 8 heavy (non-hydrogen) atoms. The molecule has 0 radical (unpaired) electrons. The number of hydrogen-bond donors (Lipinski definition) is 0. The van der Waals surface area contributed by atoms with Gasteiger partial charge in [-0.3, -0.25) is 0 Å². The van der Waals surface area contributed by atoms with Gasteiger partial charge >= 0.3 is 0 Å². The van der Waals surface area contributed by atoms with Gasteiger partial charge in [0.2, 0.25) is 0 Å². The Morgan fingerprint density at radius 2 is 2.62 bits per heavy atom. The molecule has 42 valence electrons. The van der Waals surface area contributed by atoms with Crippen LogP contribution in [0.25, 0.3) is 10.4 Å². The van der Waals surface area contributed by atoms with E-state index in [2.05, 4.69) is 22.3 Å². The lowest BCUT2D eigenvalue weighted by atomic mass is 10.3. The van der Waals surface area contributed by atoms with Crippen molar-refractivity contribution >= 4 is 0 Å². The first kappa shape index (κ1) is 6.83. The Kier molecular flexibility index (Phi) is 3.42. The predicted molar refractivity (Wildman–Crippen MR) is 32.3 cm³/mol. The number of rotatable bonds is 2.